The normalized spacial score (nSPS) is 12.0. The molecule has 13 rings (SSSR count). The van der Waals surface area contributed by atoms with Crippen LogP contribution in [-0.4, -0.2) is 23.3 Å². The first kappa shape index (κ1) is 32.9. The number of hydrogen-bond donors (Lipinski definition) is 0. The number of fused-ring (bicyclic) bond motifs is 10. The summed E-state index contributed by atoms with van der Waals surface area (Å²) >= 11 is 0. The fourth-order valence-electron chi connectivity index (χ4n) is 9.80. The van der Waals surface area contributed by atoms with Gasteiger partial charge in [0.15, 0.2) is 0 Å². The molecule has 4 heterocycles. The maximum atomic E-state index is 5.22. The van der Waals surface area contributed by atoms with Gasteiger partial charge in [0, 0.05) is 60.6 Å². The molecular weight excluding hydrogens is 731 g/mol. The molecule has 0 N–H and O–H groups in total. The van der Waals surface area contributed by atoms with Gasteiger partial charge in [-0.25, -0.2) is 4.98 Å². The summed E-state index contributed by atoms with van der Waals surface area (Å²) in [6.07, 6.45) is 0. The van der Waals surface area contributed by atoms with Gasteiger partial charge < -0.3 is 13.7 Å². The molecule has 0 aliphatic heterocycles. The molecule has 280 valence electrons. The highest BCUT2D eigenvalue weighted by atomic mass is 15.1. The van der Waals surface area contributed by atoms with Crippen LogP contribution in [0, 0.1) is 0 Å². The molecule has 5 heteroatoms. The van der Waals surface area contributed by atoms with Gasteiger partial charge in [0.05, 0.1) is 44.1 Å². The summed E-state index contributed by atoms with van der Waals surface area (Å²) in [7, 11) is 0. The Morgan fingerprint density at radius 3 is 1.18 bits per heavy atom. The number of rotatable bonds is 5. The Kier molecular flexibility index (Phi) is 6.95. The summed E-state index contributed by atoms with van der Waals surface area (Å²) in [5.74, 6) is 0.912. The maximum Gasteiger partial charge on any atom is 0.145 e. The molecule has 13 aromatic rings. The van der Waals surface area contributed by atoms with Gasteiger partial charge in [0.2, 0.25) is 0 Å². The first-order valence-electron chi connectivity index (χ1n) is 20.5. The van der Waals surface area contributed by atoms with E-state index in [1.54, 1.807) is 0 Å². The third-order valence-corrected chi connectivity index (χ3v) is 12.3. The second kappa shape index (κ2) is 12.7. The molecule has 0 radical (unpaired) electrons. The van der Waals surface area contributed by atoms with E-state index < -0.39 is 0 Å². The molecule has 9 aromatic carbocycles. The smallest absolute Gasteiger partial charge is 0.145 e. The van der Waals surface area contributed by atoms with Crippen molar-refractivity contribution in [3.8, 4) is 34.1 Å². The van der Waals surface area contributed by atoms with Gasteiger partial charge in [0.25, 0.3) is 0 Å². The highest BCUT2D eigenvalue weighted by Crippen LogP contribution is 2.40. The van der Waals surface area contributed by atoms with E-state index in [0.717, 1.165) is 56.2 Å². The van der Waals surface area contributed by atoms with E-state index in [0.29, 0.717) is 0 Å². The lowest BCUT2D eigenvalue weighted by molar-refractivity contribution is 1.10. The van der Waals surface area contributed by atoms with Crippen molar-refractivity contribution in [3.63, 3.8) is 0 Å². The van der Waals surface area contributed by atoms with Gasteiger partial charge in [-0.05, 0) is 84.9 Å². The summed E-state index contributed by atoms with van der Waals surface area (Å²) in [5, 5.41) is 7.40. The molecule has 0 fully saturated rings. The predicted octanol–water partition coefficient (Wildman–Crippen LogP) is 14.0. The van der Waals surface area contributed by atoms with E-state index in [4.69, 9.17) is 4.98 Å². The van der Waals surface area contributed by atoms with Crippen molar-refractivity contribution in [2.24, 2.45) is 0 Å². The minimum Gasteiger partial charge on any atom is -0.309 e. The quantitative estimate of drug-likeness (QED) is 0.172. The Morgan fingerprint density at radius 2 is 0.650 bits per heavy atom. The molecule has 0 atom stereocenters. The van der Waals surface area contributed by atoms with E-state index in [2.05, 4.69) is 231 Å². The SMILES string of the molecule is c1ccc(-n2c(-c3cccc(-n4c5ccccc5c5ccc(-n6c7ccccc7c7ccc(-n8c9ccccc9c9ccccc98)cc76)cc54)c3)nc3ccccc32)cc1. The van der Waals surface area contributed by atoms with E-state index in [-0.39, 0.29) is 0 Å². The first-order chi connectivity index (χ1) is 29.8. The Morgan fingerprint density at radius 1 is 0.250 bits per heavy atom. The standard InChI is InChI=1S/C55H35N5/c1-2-16-37(17-3-1)60-52-28-13-8-23-47(52)56-55(60)36-15-14-18-38(33-36)58-50-26-11-6-21-43(50)45-32-30-40(35-53(45)58)59-51-27-12-7-22-44(51)46-31-29-39(34-54(46)59)57-48-24-9-4-19-41(48)42-20-5-10-25-49(42)57/h1-35H. The Balaban J connectivity index is 1.04. The average molecular weight is 766 g/mol. The third kappa shape index (κ3) is 4.71. The summed E-state index contributed by atoms with van der Waals surface area (Å²) in [6.45, 7) is 0. The number of nitrogens with zero attached hydrogens (tertiary/aromatic N) is 5. The van der Waals surface area contributed by atoms with Crippen molar-refractivity contribution in [1.82, 2.24) is 23.3 Å². The minimum atomic E-state index is 0.912. The number of benzene rings is 9. The van der Waals surface area contributed by atoms with Crippen LogP contribution in [0.1, 0.15) is 0 Å². The topological polar surface area (TPSA) is 32.6 Å². The summed E-state index contributed by atoms with van der Waals surface area (Å²) < 4.78 is 9.55. The lowest BCUT2D eigenvalue weighted by Crippen LogP contribution is -2.00. The Hall–Kier alpha value is -8.15. The summed E-state index contributed by atoms with van der Waals surface area (Å²) in [4.78, 5) is 5.22. The lowest BCUT2D eigenvalue weighted by Gasteiger charge is -2.14. The van der Waals surface area contributed by atoms with E-state index >= 15 is 0 Å². The average Bonchev–Trinajstić information content (AvgIpc) is 4.05. The third-order valence-electron chi connectivity index (χ3n) is 12.3. The molecule has 0 aliphatic carbocycles. The second-order valence-electron chi connectivity index (χ2n) is 15.6. The monoisotopic (exact) mass is 765 g/mol. The van der Waals surface area contributed by atoms with Crippen LogP contribution in [0.4, 0.5) is 0 Å². The Labute approximate surface area is 344 Å². The molecule has 5 nitrogen and oxygen atoms in total. The van der Waals surface area contributed by atoms with Crippen molar-refractivity contribution >= 4 is 76.5 Å². The van der Waals surface area contributed by atoms with Crippen LogP contribution in [-0.2, 0) is 0 Å². The molecular formula is C55H35N5. The maximum absolute atomic E-state index is 5.22. The van der Waals surface area contributed by atoms with Gasteiger partial charge in [-0.15, -0.1) is 0 Å². The van der Waals surface area contributed by atoms with Gasteiger partial charge in [-0.3, -0.25) is 4.57 Å². The zero-order chi connectivity index (χ0) is 39.3. The Bertz CT molecular complexity index is 3790. The fraction of sp³-hybridized carbons (Fsp3) is 0. The van der Waals surface area contributed by atoms with Gasteiger partial charge in [-0.2, -0.15) is 0 Å². The first-order valence-corrected chi connectivity index (χ1v) is 20.5. The van der Waals surface area contributed by atoms with Crippen molar-refractivity contribution in [3.05, 3.63) is 212 Å². The molecule has 0 unspecified atom stereocenters. The van der Waals surface area contributed by atoms with Gasteiger partial charge >= 0.3 is 0 Å². The zero-order valence-electron chi connectivity index (χ0n) is 32.4. The lowest BCUT2D eigenvalue weighted by atomic mass is 10.1. The van der Waals surface area contributed by atoms with Crippen LogP contribution >= 0.6 is 0 Å². The highest BCUT2D eigenvalue weighted by molar-refractivity contribution is 6.13. The van der Waals surface area contributed by atoms with Crippen LogP contribution in [0.15, 0.2) is 212 Å². The van der Waals surface area contributed by atoms with Crippen LogP contribution in [0.5, 0.6) is 0 Å². The number of aromatic nitrogens is 5. The van der Waals surface area contributed by atoms with Crippen LogP contribution in [0.3, 0.4) is 0 Å². The largest absolute Gasteiger partial charge is 0.309 e. The number of hydrogen-bond acceptors (Lipinski definition) is 1. The summed E-state index contributed by atoms with van der Waals surface area (Å²) in [5.41, 5.74) is 14.6. The molecule has 0 spiro atoms. The molecule has 0 bridgehead atoms. The number of para-hydroxylation sites is 7. The van der Waals surface area contributed by atoms with Gasteiger partial charge in [0.1, 0.15) is 5.82 Å². The zero-order valence-corrected chi connectivity index (χ0v) is 32.4. The molecule has 4 aromatic heterocycles. The van der Waals surface area contributed by atoms with Crippen LogP contribution < -0.4 is 0 Å². The molecule has 0 saturated heterocycles. The fourth-order valence-corrected chi connectivity index (χ4v) is 9.80. The van der Waals surface area contributed by atoms with Crippen molar-refractivity contribution in [1.29, 1.82) is 0 Å². The van der Waals surface area contributed by atoms with Crippen LogP contribution in [0.2, 0.25) is 0 Å². The number of imidazole rings is 1. The predicted molar refractivity (Wildman–Crippen MR) is 250 cm³/mol. The van der Waals surface area contributed by atoms with Gasteiger partial charge in [-0.1, -0.05) is 127 Å². The molecule has 60 heavy (non-hydrogen) atoms. The minimum absolute atomic E-state index is 0.912. The van der Waals surface area contributed by atoms with Crippen molar-refractivity contribution < 1.29 is 0 Å². The molecule has 0 aliphatic rings. The van der Waals surface area contributed by atoms with E-state index in [1.807, 2.05) is 0 Å². The molecule has 0 amide bonds. The highest BCUT2D eigenvalue weighted by Gasteiger charge is 2.20. The molecule has 0 saturated carbocycles. The van der Waals surface area contributed by atoms with Crippen molar-refractivity contribution in [2.75, 3.05) is 0 Å². The summed E-state index contributed by atoms with van der Waals surface area (Å²) in [6, 6.07) is 76.7. The second-order valence-corrected chi connectivity index (χ2v) is 15.6. The van der Waals surface area contributed by atoms with Crippen molar-refractivity contribution in [2.45, 2.75) is 0 Å². The van der Waals surface area contributed by atoms with Crippen LogP contribution in [0.25, 0.3) is 111 Å². The van der Waals surface area contributed by atoms with E-state index in [9.17, 15) is 0 Å². The van der Waals surface area contributed by atoms with E-state index in [1.165, 1.54) is 54.4 Å².